The average molecular weight is 174 g/mol. The van der Waals surface area contributed by atoms with E-state index in [0.29, 0.717) is 6.04 Å². The number of fused-ring (bicyclic) bond motifs is 1. The molecule has 0 atom stereocenters. The maximum atomic E-state index is 5.16. The van der Waals surface area contributed by atoms with Crippen molar-refractivity contribution in [1.29, 1.82) is 0 Å². The summed E-state index contributed by atoms with van der Waals surface area (Å²) in [5, 5.41) is 0. The molecule has 66 valence electrons. The number of ether oxygens (including phenoxy) is 1. The van der Waals surface area contributed by atoms with Crippen LogP contribution in [-0.4, -0.2) is 22.8 Å². The quantitative estimate of drug-likeness (QED) is 0.656. The van der Waals surface area contributed by atoms with Gasteiger partial charge in [0.25, 0.3) is 0 Å². The maximum absolute atomic E-state index is 5.16. The molecule has 0 saturated carbocycles. The van der Waals surface area contributed by atoms with Crippen molar-refractivity contribution in [2.24, 2.45) is 0 Å². The Bertz CT molecular complexity index is 431. The average Bonchev–Trinajstić information content (AvgIpc) is 2.47. The first-order chi connectivity index (χ1) is 6.45. The second-order valence-electron chi connectivity index (χ2n) is 3.33. The van der Waals surface area contributed by atoms with Gasteiger partial charge in [0.1, 0.15) is 0 Å². The van der Waals surface area contributed by atoms with Crippen LogP contribution in [0.25, 0.3) is 11.0 Å². The summed E-state index contributed by atoms with van der Waals surface area (Å²) in [5.41, 5.74) is 2.27. The summed E-state index contributed by atoms with van der Waals surface area (Å²) in [4.78, 5) is 4.33. The molecule has 13 heavy (non-hydrogen) atoms. The van der Waals surface area contributed by atoms with Gasteiger partial charge in [-0.05, 0) is 12.1 Å². The van der Waals surface area contributed by atoms with Crippen molar-refractivity contribution < 1.29 is 4.74 Å². The standard InChI is InChI=1S/C10H10N2O/c1-2-4-10-9(3-1)11-7-12(10)8-5-13-6-8/h1-4,7-8H,5-6H2. The monoisotopic (exact) mass is 174 g/mol. The number of imidazole rings is 1. The van der Waals surface area contributed by atoms with Crippen molar-refractivity contribution in [2.75, 3.05) is 13.2 Å². The Morgan fingerprint density at radius 2 is 2.15 bits per heavy atom. The van der Waals surface area contributed by atoms with Crippen LogP contribution in [0.1, 0.15) is 6.04 Å². The highest BCUT2D eigenvalue weighted by atomic mass is 16.5. The summed E-state index contributed by atoms with van der Waals surface area (Å²) < 4.78 is 7.35. The lowest BCUT2D eigenvalue weighted by Gasteiger charge is -2.27. The van der Waals surface area contributed by atoms with E-state index in [2.05, 4.69) is 15.6 Å². The van der Waals surface area contributed by atoms with Gasteiger partial charge in [-0.3, -0.25) is 0 Å². The molecule has 3 rings (SSSR count). The first-order valence-electron chi connectivity index (χ1n) is 4.44. The van der Waals surface area contributed by atoms with Crippen LogP contribution in [0.15, 0.2) is 30.6 Å². The van der Waals surface area contributed by atoms with Crippen molar-refractivity contribution in [3.05, 3.63) is 30.6 Å². The van der Waals surface area contributed by atoms with Gasteiger partial charge in [0.2, 0.25) is 0 Å². The van der Waals surface area contributed by atoms with Crippen molar-refractivity contribution in [3.8, 4) is 0 Å². The third-order valence-electron chi connectivity index (χ3n) is 2.49. The van der Waals surface area contributed by atoms with Gasteiger partial charge in [-0.15, -0.1) is 0 Å². The molecule has 2 aromatic rings. The predicted octanol–water partition coefficient (Wildman–Crippen LogP) is 1.61. The number of para-hydroxylation sites is 2. The zero-order chi connectivity index (χ0) is 8.67. The van der Waals surface area contributed by atoms with Crippen LogP contribution >= 0.6 is 0 Å². The zero-order valence-corrected chi connectivity index (χ0v) is 7.18. The van der Waals surface area contributed by atoms with Crippen molar-refractivity contribution in [1.82, 2.24) is 9.55 Å². The van der Waals surface area contributed by atoms with E-state index in [9.17, 15) is 0 Å². The van der Waals surface area contributed by atoms with Gasteiger partial charge in [0.05, 0.1) is 36.6 Å². The number of hydrogen-bond donors (Lipinski definition) is 0. The molecule has 3 heteroatoms. The summed E-state index contributed by atoms with van der Waals surface area (Å²) in [6, 6.07) is 8.68. The highest BCUT2D eigenvalue weighted by molar-refractivity contribution is 5.75. The molecule has 0 unspecified atom stereocenters. The van der Waals surface area contributed by atoms with E-state index >= 15 is 0 Å². The molecule has 0 bridgehead atoms. The minimum Gasteiger partial charge on any atom is -0.377 e. The van der Waals surface area contributed by atoms with Crippen molar-refractivity contribution in [2.45, 2.75) is 6.04 Å². The first-order valence-corrected chi connectivity index (χ1v) is 4.44. The smallest absolute Gasteiger partial charge is 0.0962 e. The molecule has 1 aliphatic rings. The molecule has 2 heterocycles. The molecule has 0 aliphatic carbocycles. The van der Waals surface area contributed by atoms with Crippen LogP contribution in [0.5, 0.6) is 0 Å². The number of hydrogen-bond acceptors (Lipinski definition) is 2. The molecule has 1 saturated heterocycles. The fourth-order valence-corrected chi connectivity index (χ4v) is 1.65. The van der Waals surface area contributed by atoms with Gasteiger partial charge in [-0.2, -0.15) is 0 Å². The van der Waals surface area contributed by atoms with E-state index in [0.717, 1.165) is 18.7 Å². The fraction of sp³-hybridized carbons (Fsp3) is 0.300. The van der Waals surface area contributed by atoms with Crippen LogP contribution in [0.3, 0.4) is 0 Å². The summed E-state index contributed by atoms with van der Waals surface area (Å²) in [6.45, 7) is 1.64. The molecule has 1 fully saturated rings. The third-order valence-corrected chi connectivity index (χ3v) is 2.49. The van der Waals surface area contributed by atoms with Crippen LogP contribution in [0.4, 0.5) is 0 Å². The minimum atomic E-state index is 0.493. The fourth-order valence-electron chi connectivity index (χ4n) is 1.65. The van der Waals surface area contributed by atoms with E-state index in [4.69, 9.17) is 4.74 Å². The zero-order valence-electron chi connectivity index (χ0n) is 7.18. The lowest BCUT2D eigenvalue weighted by molar-refractivity contribution is -0.0216. The number of aromatic nitrogens is 2. The van der Waals surface area contributed by atoms with E-state index in [1.807, 2.05) is 24.5 Å². The Morgan fingerprint density at radius 3 is 2.92 bits per heavy atom. The Labute approximate surface area is 76.0 Å². The second kappa shape index (κ2) is 2.57. The maximum Gasteiger partial charge on any atom is 0.0962 e. The molecule has 0 spiro atoms. The van der Waals surface area contributed by atoms with Crippen molar-refractivity contribution in [3.63, 3.8) is 0 Å². The summed E-state index contributed by atoms with van der Waals surface area (Å²) in [5.74, 6) is 0. The lowest BCUT2D eigenvalue weighted by atomic mass is 10.2. The van der Waals surface area contributed by atoms with Crippen molar-refractivity contribution >= 4 is 11.0 Å². The molecule has 1 aromatic heterocycles. The number of rotatable bonds is 1. The predicted molar refractivity (Wildman–Crippen MR) is 49.6 cm³/mol. The lowest BCUT2D eigenvalue weighted by Crippen LogP contribution is -2.30. The highest BCUT2D eigenvalue weighted by Crippen LogP contribution is 2.22. The highest BCUT2D eigenvalue weighted by Gasteiger charge is 2.21. The molecular formula is C10H10N2O. The molecule has 3 nitrogen and oxygen atoms in total. The molecule has 0 radical (unpaired) electrons. The Morgan fingerprint density at radius 1 is 1.31 bits per heavy atom. The Hall–Kier alpha value is -1.35. The van der Waals surface area contributed by atoms with Crippen LogP contribution in [-0.2, 0) is 4.74 Å². The van der Waals surface area contributed by atoms with Gasteiger partial charge in [0.15, 0.2) is 0 Å². The normalized spacial score (nSPS) is 17.5. The van der Waals surface area contributed by atoms with Crippen LogP contribution in [0, 0.1) is 0 Å². The SMILES string of the molecule is c1ccc2c(c1)ncn2C1COC1. The van der Waals surface area contributed by atoms with Gasteiger partial charge in [0, 0.05) is 0 Å². The summed E-state index contributed by atoms with van der Waals surface area (Å²) in [7, 11) is 0. The number of benzene rings is 1. The largest absolute Gasteiger partial charge is 0.377 e. The van der Waals surface area contributed by atoms with E-state index in [1.54, 1.807) is 0 Å². The second-order valence-corrected chi connectivity index (χ2v) is 3.33. The van der Waals surface area contributed by atoms with Crippen LogP contribution < -0.4 is 0 Å². The molecule has 1 aliphatic heterocycles. The third kappa shape index (κ3) is 0.971. The van der Waals surface area contributed by atoms with E-state index < -0.39 is 0 Å². The van der Waals surface area contributed by atoms with Gasteiger partial charge in [-0.1, -0.05) is 12.1 Å². The van der Waals surface area contributed by atoms with E-state index in [-0.39, 0.29) is 0 Å². The molecule has 1 aromatic carbocycles. The first kappa shape index (κ1) is 7.09. The molecule has 0 N–H and O–H groups in total. The Kier molecular flexibility index (Phi) is 1.40. The topological polar surface area (TPSA) is 27.1 Å². The van der Waals surface area contributed by atoms with Gasteiger partial charge < -0.3 is 9.30 Å². The number of nitrogens with zero attached hydrogens (tertiary/aromatic N) is 2. The molecule has 0 amide bonds. The van der Waals surface area contributed by atoms with Gasteiger partial charge in [-0.25, -0.2) is 4.98 Å². The summed E-state index contributed by atoms with van der Waals surface area (Å²) >= 11 is 0. The summed E-state index contributed by atoms with van der Waals surface area (Å²) in [6.07, 6.45) is 1.90. The van der Waals surface area contributed by atoms with E-state index in [1.165, 1.54) is 5.52 Å². The van der Waals surface area contributed by atoms with Gasteiger partial charge >= 0.3 is 0 Å². The molecular weight excluding hydrogens is 164 g/mol. The minimum absolute atomic E-state index is 0.493. The Balaban J connectivity index is 2.17. The van der Waals surface area contributed by atoms with Crippen LogP contribution in [0.2, 0.25) is 0 Å².